The molecular formula is C32H62N4O6. The molecule has 1 fully saturated rings. The Balaban J connectivity index is 2.43. The first kappa shape index (κ1) is 38.6. The van der Waals surface area contributed by atoms with Gasteiger partial charge in [-0.05, 0) is 80.6 Å². The zero-order chi connectivity index (χ0) is 32.2. The molecule has 3 N–H and O–H groups in total. The number of rotatable bonds is 21. The van der Waals surface area contributed by atoms with Crippen molar-refractivity contribution in [2.24, 2.45) is 27.8 Å². The van der Waals surface area contributed by atoms with Crippen LogP contribution < -0.4 is 5.84 Å². The molecule has 0 aromatic carbocycles. The molecule has 0 spiro atoms. The molecule has 10 nitrogen and oxygen atoms in total. The fourth-order valence-electron chi connectivity index (χ4n) is 5.04. The predicted octanol–water partition coefficient (Wildman–Crippen LogP) is 4.26. The maximum Gasteiger partial charge on any atom is 0.132 e. The largest absolute Gasteiger partial charge is 0.395 e. The summed E-state index contributed by atoms with van der Waals surface area (Å²) in [6.07, 6.45) is 3.58. The van der Waals surface area contributed by atoms with Crippen molar-refractivity contribution in [3.8, 4) is 0 Å². The van der Waals surface area contributed by atoms with Crippen molar-refractivity contribution < 1.29 is 28.8 Å². The van der Waals surface area contributed by atoms with Crippen LogP contribution in [0, 0.1) is 11.8 Å². The Morgan fingerprint density at radius 1 is 0.929 bits per heavy atom. The Hall–Kier alpha value is -1.43. The highest BCUT2D eigenvalue weighted by Gasteiger charge is 2.33. The van der Waals surface area contributed by atoms with Crippen LogP contribution in [0.25, 0.3) is 0 Å². The zero-order valence-corrected chi connectivity index (χ0v) is 28.5. The lowest BCUT2D eigenvalue weighted by molar-refractivity contribution is -0.135. The van der Waals surface area contributed by atoms with Gasteiger partial charge in [-0.2, -0.15) is 5.10 Å². The van der Waals surface area contributed by atoms with E-state index in [1.54, 1.807) is 13.1 Å². The minimum Gasteiger partial charge on any atom is -0.395 e. The van der Waals surface area contributed by atoms with Crippen LogP contribution in [0.1, 0.15) is 95.4 Å². The topological polar surface area (TPSA) is 128 Å². The first-order chi connectivity index (χ1) is 19.3. The molecule has 0 saturated carbocycles. The van der Waals surface area contributed by atoms with Gasteiger partial charge in [0.25, 0.3) is 0 Å². The number of carbonyl (C=O) groups is 1. The van der Waals surface area contributed by atoms with Gasteiger partial charge in [0.2, 0.25) is 0 Å². The summed E-state index contributed by atoms with van der Waals surface area (Å²) in [5.41, 5.74) is -1.38. The Kier molecular flexibility index (Phi) is 15.8. The van der Waals surface area contributed by atoms with E-state index in [9.17, 15) is 9.90 Å². The van der Waals surface area contributed by atoms with E-state index in [-0.39, 0.29) is 18.4 Å². The number of hydrazone groups is 1. The predicted molar refractivity (Wildman–Crippen MR) is 170 cm³/mol. The van der Waals surface area contributed by atoms with Gasteiger partial charge in [0.15, 0.2) is 0 Å². The van der Waals surface area contributed by atoms with Gasteiger partial charge in [0.1, 0.15) is 5.78 Å². The molecule has 1 heterocycles. The number of aliphatic hydroxyl groups excluding tert-OH is 1. The Morgan fingerprint density at radius 3 is 1.98 bits per heavy atom. The number of likely N-dealkylation sites (tertiary alicyclic amines) is 1. The quantitative estimate of drug-likeness (QED) is 0.0868. The second kappa shape index (κ2) is 17.2. The number of carbonyl (C=O) groups excluding carboxylic acids is 1. The van der Waals surface area contributed by atoms with E-state index in [4.69, 9.17) is 24.8 Å². The van der Waals surface area contributed by atoms with E-state index in [2.05, 4.69) is 28.8 Å². The number of nitrogens with zero attached hydrogens (tertiary/aromatic N) is 3. The minimum absolute atomic E-state index is 0.0985. The molecule has 0 aliphatic carbocycles. The van der Waals surface area contributed by atoms with Crippen molar-refractivity contribution in [3.63, 3.8) is 0 Å². The molecule has 1 saturated heterocycles. The summed E-state index contributed by atoms with van der Waals surface area (Å²) in [4.78, 5) is 18.2. The summed E-state index contributed by atoms with van der Waals surface area (Å²) in [7, 11) is 0. The summed E-state index contributed by atoms with van der Waals surface area (Å²) < 4.78 is 24.4. The van der Waals surface area contributed by atoms with Gasteiger partial charge in [0.05, 0.1) is 67.7 Å². The third kappa shape index (κ3) is 15.9. The molecule has 1 rings (SSSR count). The molecule has 246 valence electrons. The molecule has 0 aromatic heterocycles. The third-order valence-electron chi connectivity index (χ3n) is 7.61. The number of nitrogens with two attached hydrogens (primary N) is 1. The molecular weight excluding hydrogens is 536 g/mol. The molecule has 42 heavy (non-hydrogen) atoms. The molecule has 0 amide bonds. The maximum atomic E-state index is 11.4. The van der Waals surface area contributed by atoms with Gasteiger partial charge in [-0.1, -0.05) is 13.8 Å². The van der Waals surface area contributed by atoms with E-state index < -0.39 is 22.4 Å². The van der Waals surface area contributed by atoms with Crippen LogP contribution in [0.4, 0.5) is 0 Å². The average molecular weight is 599 g/mol. The molecule has 0 radical (unpaired) electrons. The number of ether oxygens (including phenoxy) is 4. The van der Waals surface area contributed by atoms with Crippen LogP contribution in [-0.4, -0.2) is 109 Å². The summed E-state index contributed by atoms with van der Waals surface area (Å²) in [6, 6.07) is 0.220. The second-order valence-electron chi connectivity index (χ2n) is 14.6. The average Bonchev–Trinajstić information content (AvgIpc) is 3.28. The molecule has 0 bridgehead atoms. The normalized spacial score (nSPS) is 19.9. The first-order valence-electron chi connectivity index (χ1n) is 15.5. The third-order valence-corrected chi connectivity index (χ3v) is 7.61. The highest BCUT2D eigenvalue weighted by Crippen LogP contribution is 2.29. The Morgan fingerprint density at radius 2 is 1.48 bits per heavy atom. The van der Waals surface area contributed by atoms with Gasteiger partial charge in [-0.25, -0.2) is 0 Å². The Labute approximate surface area is 255 Å². The van der Waals surface area contributed by atoms with Gasteiger partial charge in [0, 0.05) is 38.2 Å². The number of Topliss-reactive ketones (excluding diaryl/α,β-unsaturated/α-hetero) is 1. The maximum absolute atomic E-state index is 11.4. The van der Waals surface area contributed by atoms with Crippen molar-refractivity contribution in [1.82, 2.24) is 4.90 Å². The standard InChI is InChI=1S/C32H62N4O6/c1-24(2)26-16-28(21-37)36(20-26)13-15-40-32(10,11)23-42-30(6,7)18-27(35-33)19-34-12-14-39-31(8,9)22-41-29(4,5)17-25(3)38/h19,24,26,28,37H,12-18,20-23,33H2,1-11H3/b34-19?,35-27-. The van der Waals surface area contributed by atoms with Crippen molar-refractivity contribution in [2.75, 3.05) is 52.7 Å². The van der Waals surface area contributed by atoms with Crippen molar-refractivity contribution in [1.29, 1.82) is 0 Å². The molecule has 1 aliphatic heterocycles. The second-order valence-corrected chi connectivity index (χ2v) is 14.6. The number of hydrogen-bond donors (Lipinski definition) is 2. The lowest BCUT2D eigenvalue weighted by Crippen LogP contribution is -2.41. The van der Waals surface area contributed by atoms with Crippen molar-refractivity contribution in [3.05, 3.63) is 0 Å². The van der Waals surface area contributed by atoms with Crippen LogP contribution in [-0.2, 0) is 23.7 Å². The van der Waals surface area contributed by atoms with Crippen LogP contribution in [0.15, 0.2) is 10.1 Å². The van der Waals surface area contributed by atoms with E-state index in [1.807, 2.05) is 55.4 Å². The minimum atomic E-state index is -0.526. The summed E-state index contributed by atoms with van der Waals surface area (Å²) in [5, 5.41) is 13.7. The highest BCUT2D eigenvalue weighted by molar-refractivity contribution is 6.30. The first-order valence-corrected chi connectivity index (χ1v) is 15.5. The fourth-order valence-corrected chi connectivity index (χ4v) is 5.04. The monoisotopic (exact) mass is 598 g/mol. The smallest absolute Gasteiger partial charge is 0.132 e. The van der Waals surface area contributed by atoms with Gasteiger partial charge in [-0.15, -0.1) is 0 Å². The van der Waals surface area contributed by atoms with Gasteiger partial charge < -0.3 is 29.9 Å². The van der Waals surface area contributed by atoms with E-state index in [1.165, 1.54) is 0 Å². The van der Waals surface area contributed by atoms with Gasteiger partial charge in [-0.3, -0.25) is 14.7 Å². The van der Waals surface area contributed by atoms with E-state index in [0.717, 1.165) is 19.5 Å². The molecule has 10 heteroatoms. The van der Waals surface area contributed by atoms with Crippen LogP contribution >= 0.6 is 0 Å². The summed E-state index contributed by atoms with van der Waals surface area (Å²) >= 11 is 0. The lowest BCUT2D eigenvalue weighted by atomic mass is 9.94. The number of hydrogen-bond acceptors (Lipinski definition) is 10. The molecule has 2 atom stereocenters. The lowest BCUT2D eigenvalue weighted by Gasteiger charge is -2.33. The summed E-state index contributed by atoms with van der Waals surface area (Å²) in [6.45, 7) is 26.1. The zero-order valence-electron chi connectivity index (χ0n) is 28.5. The Bertz CT molecular complexity index is 869. The SMILES string of the molecule is CC(=O)CC(C)(C)OCC(C)(C)OCCN=C/C(CC(C)(C)OCC(C)(C)OCCN1CC(C(C)C)CC1CO)=N\N. The van der Waals surface area contributed by atoms with Crippen LogP contribution in [0.5, 0.6) is 0 Å². The summed E-state index contributed by atoms with van der Waals surface area (Å²) in [5.74, 6) is 7.00. The van der Waals surface area contributed by atoms with E-state index >= 15 is 0 Å². The number of ketones is 1. The number of aliphatic imine (C=N–C) groups is 1. The number of aliphatic hydroxyl groups is 1. The van der Waals surface area contributed by atoms with Gasteiger partial charge >= 0.3 is 0 Å². The molecule has 0 aromatic rings. The van der Waals surface area contributed by atoms with Crippen molar-refractivity contribution >= 4 is 17.7 Å². The molecule has 2 unspecified atom stereocenters. The fraction of sp³-hybridized carbons (Fsp3) is 0.906. The van der Waals surface area contributed by atoms with Crippen LogP contribution in [0.2, 0.25) is 0 Å². The highest BCUT2D eigenvalue weighted by atomic mass is 16.6. The van der Waals surface area contributed by atoms with Crippen LogP contribution in [0.3, 0.4) is 0 Å². The van der Waals surface area contributed by atoms with E-state index in [0.29, 0.717) is 63.4 Å². The molecule has 1 aliphatic rings. The van der Waals surface area contributed by atoms with Crippen molar-refractivity contribution in [2.45, 2.75) is 124 Å².